The van der Waals surface area contributed by atoms with Crippen molar-refractivity contribution in [2.45, 2.75) is 32.9 Å². The molecule has 1 heterocycles. The van der Waals surface area contributed by atoms with Crippen LogP contribution in [-0.4, -0.2) is 54.7 Å². The zero-order chi connectivity index (χ0) is 23.3. The van der Waals surface area contributed by atoms with Crippen molar-refractivity contribution >= 4 is 17.4 Å². The van der Waals surface area contributed by atoms with Crippen LogP contribution in [0.1, 0.15) is 37.9 Å². The fourth-order valence-electron chi connectivity index (χ4n) is 3.70. The Hall–Kier alpha value is -3.32. The van der Waals surface area contributed by atoms with Gasteiger partial charge < -0.3 is 24.2 Å². The average molecular weight is 440 g/mol. The van der Waals surface area contributed by atoms with Gasteiger partial charge in [-0.25, -0.2) is 0 Å². The summed E-state index contributed by atoms with van der Waals surface area (Å²) in [4.78, 5) is 27.3. The molecule has 1 saturated heterocycles. The second kappa shape index (κ2) is 10.3. The number of ketones is 1. The molecule has 0 saturated carbocycles. The molecule has 1 fully saturated rings. The second-order valence-corrected chi connectivity index (χ2v) is 7.68. The Morgan fingerprint density at radius 1 is 1.09 bits per heavy atom. The van der Waals surface area contributed by atoms with Crippen molar-refractivity contribution in [2.24, 2.45) is 0 Å². The first-order valence-corrected chi connectivity index (χ1v) is 10.6. The third kappa shape index (κ3) is 4.94. The van der Waals surface area contributed by atoms with Gasteiger partial charge in [-0.3, -0.25) is 9.59 Å². The van der Waals surface area contributed by atoms with Gasteiger partial charge in [0.25, 0.3) is 11.7 Å². The van der Waals surface area contributed by atoms with Gasteiger partial charge in [-0.15, -0.1) is 0 Å². The van der Waals surface area contributed by atoms with E-state index in [2.05, 4.69) is 0 Å². The van der Waals surface area contributed by atoms with Gasteiger partial charge in [-0.1, -0.05) is 24.3 Å². The number of carbonyl (C=O) groups is 2. The largest absolute Gasteiger partial charge is 0.507 e. The van der Waals surface area contributed by atoms with Crippen LogP contribution in [0, 0.1) is 0 Å². The van der Waals surface area contributed by atoms with Gasteiger partial charge >= 0.3 is 0 Å². The number of hydrogen-bond donors (Lipinski definition) is 1. The summed E-state index contributed by atoms with van der Waals surface area (Å²) >= 11 is 0. The lowest BCUT2D eigenvalue weighted by Gasteiger charge is -2.25. The van der Waals surface area contributed by atoms with Crippen LogP contribution in [-0.2, 0) is 14.3 Å². The summed E-state index contributed by atoms with van der Waals surface area (Å²) in [5.74, 6) is -0.389. The maximum absolute atomic E-state index is 13.0. The van der Waals surface area contributed by atoms with Crippen LogP contribution in [0.15, 0.2) is 54.1 Å². The van der Waals surface area contributed by atoms with E-state index in [0.29, 0.717) is 29.2 Å². The Labute approximate surface area is 188 Å². The molecule has 32 heavy (non-hydrogen) atoms. The van der Waals surface area contributed by atoms with Crippen LogP contribution in [0.5, 0.6) is 11.5 Å². The summed E-state index contributed by atoms with van der Waals surface area (Å²) in [6.07, 6.45) is -0.0455. The minimum absolute atomic E-state index is 0.0389. The zero-order valence-corrected chi connectivity index (χ0v) is 18.8. The van der Waals surface area contributed by atoms with Crippen LogP contribution in [0.2, 0.25) is 0 Å². The van der Waals surface area contributed by atoms with Crippen LogP contribution < -0.4 is 9.47 Å². The molecule has 1 unspecified atom stereocenters. The normalized spacial score (nSPS) is 17.8. The minimum Gasteiger partial charge on any atom is -0.507 e. The topological polar surface area (TPSA) is 85.3 Å². The van der Waals surface area contributed by atoms with Crippen molar-refractivity contribution in [3.05, 3.63) is 65.2 Å². The minimum atomic E-state index is -0.740. The summed E-state index contributed by atoms with van der Waals surface area (Å²) in [6.45, 7) is 6.70. The number of carbonyl (C=O) groups excluding carboxylic acids is 2. The maximum Gasteiger partial charge on any atom is 0.295 e. The van der Waals surface area contributed by atoms with Gasteiger partial charge in [-0.2, -0.15) is 0 Å². The third-order valence-electron chi connectivity index (χ3n) is 5.06. The number of Topliss-reactive ketones (excluding diaryl/α,β-unsaturated/α-hetero) is 1. The predicted octanol–water partition coefficient (Wildman–Crippen LogP) is 3.94. The van der Waals surface area contributed by atoms with Gasteiger partial charge in [0.05, 0.1) is 30.9 Å². The smallest absolute Gasteiger partial charge is 0.295 e. The third-order valence-corrected chi connectivity index (χ3v) is 5.06. The molecule has 0 aliphatic carbocycles. The van der Waals surface area contributed by atoms with Crippen LogP contribution in [0.25, 0.3) is 5.76 Å². The van der Waals surface area contributed by atoms with Gasteiger partial charge in [0, 0.05) is 19.2 Å². The van der Waals surface area contributed by atoms with E-state index in [1.165, 1.54) is 12.0 Å². The Balaban J connectivity index is 2.09. The molecule has 1 N–H and O–H groups in total. The Morgan fingerprint density at radius 3 is 2.44 bits per heavy atom. The van der Waals surface area contributed by atoms with Crippen LogP contribution >= 0.6 is 0 Å². The number of benzene rings is 2. The Kier molecular flexibility index (Phi) is 7.53. The fourth-order valence-corrected chi connectivity index (χ4v) is 3.70. The van der Waals surface area contributed by atoms with Gasteiger partial charge in [0.15, 0.2) is 0 Å². The summed E-state index contributed by atoms with van der Waals surface area (Å²) < 4.78 is 16.3. The highest BCUT2D eigenvalue weighted by Gasteiger charge is 2.45. The lowest BCUT2D eigenvalue weighted by atomic mass is 9.95. The number of rotatable bonds is 9. The number of aliphatic hydroxyl groups is 1. The Morgan fingerprint density at radius 2 is 1.81 bits per heavy atom. The molecule has 2 aromatic rings. The van der Waals surface area contributed by atoms with E-state index in [4.69, 9.17) is 14.2 Å². The number of amides is 1. The SMILES string of the molecule is CCOc1ccc(C2/C(=C(/O)c3cccc(OC(C)C)c3)C(=O)C(=O)N2CCOC)cc1. The van der Waals surface area contributed by atoms with Gasteiger partial charge in [0.1, 0.15) is 17.3 Å². The van der Waals surface area contributed by atoms with E-state index in [0.717, 1.165) is 0 Å². The molecule has 0 radical (unpaired) electrons. The van der Waals surface area contributed by atoms with E-state index in [9.17, 15) is 14.7 Å². The standard InChI is InChI=1S/C25H29NO6/c1-5-31-19-11-9-17(10-12-19)22-21(24(28)25(29)26(22)13-14-30-4)23(27)18-7-6-8-20(15-18)32-16(2)3/h6-12,15-16,22,27H,5,13-14H2,1-4H3/b23-21-. The second-order valence-electron chi connectivity index (χ2n) is 7.68. The molecule has 1 aliphatic rings. The van der Waals surface area contributed by atoms with E-state index in [1.54, 1.807) is 48.5 Å². The van der Waals surface area contributed by atoms with Gasteiger partial charge in [0.2, 0.25) is 0 Å². The molecule has 170 valence electrons. The molecule has 0 aromatic heterocycles. The number of likely N-dealkylation sites (tertiary alicyclic amines) is 1. The highest BCUT2D eigenvalue weighted by atomic mass is 16.5. The summed E-state index contributed by atoms with van der Waals surface area (Å²) in [5.41, 5.74) is 1.14. The van der Waals surface area contributed by atoms with Crippen molar-refractivity contribution in [3.63, 3.8) is 0 Å². The first-order valence-electron chi connectivity index (χ1n) is 10.6. The molecule has 0 spiro atoms. The predicted molar refractivity (Wildman–Crippen MR) is 121 cm³/mol. The van der Waals surface area contributed by atoms with E-state index in [-0.39, 0.29) is 30.6 Å². The van der Waals surface area contributed by atoms with Crippen molar-refractivity contribution < 1.29 is 28.9 Å². The molecule has 0 bridgehead atoms. The first kappa shape index (κ1) is 23.3. The molecule has 7 heteroatoms. The average Bonchev–Trinajstić information content (AvgIpc) is 3.02. The molecule has 1 amide bonds. The van der Waals surface area contributed by atoms with E-state index >= 15 is 0 Å². The van der Waals surface area contributed by atoms with Crippen LogP contribution in [0.4, 0.5) is 0 Å². The molecular formula is C25H29NO6. The molecule has 1 aliphatic heterocycles. The summed E-state index contributed by atoms with van der Waals surface area (Å²) in [5, 5.41) is 11.1. The van der Waals surface area contributed by atoms with Crippen LogP contribution in [0.3, 0.4) is 0 Å². The number of ether oxygens (including phenoxy) is 3. The van der Waals surface area contributed by atoms with Crippen molar-refractivity contribution in [1.82, 2.24) is 4.90 Å². The molecular weight excluding hydrogens is 410 g/mol. The van der Waals surface area contributed by atoms with Gasteiger partial charge in [-0.05, 0) is 50.6 Å². The zero-order valence-electron chi connectivity index (χ0n) is 18.8. The van der Waals surface area contributed by atoms with Crippen molar-refractivity contribution in [3.8, 4) is 11.5 Å². The molecule has 7 nitrogen and oxygen atoms in total. The quantitative estimate of drug-likeness (QED) is 0.362. The molecule has 2 aromatic carbocycles. The monoisotopic (exact) mass is 439 g/mol. The summed E-state index contributed by atoms with van der Waals surface area (Å²) in [7, 11) is 1.53. The van der Waals surface area contributed by atoms with E-state index < -0.39 is 17.7 Å². The number of nitrogens with zero attached hydrogens (tertiary/aromatic N) is 1. The number of methoxy groups -OCH3 is 1. The van der Waals surface area contributed by atoms with E-state index in [1.807, 2.05) is 20.8 Å². The molecule has 1 atom stereocenters. The highest BCUT2D eigenvalue weighted by molar-refractivity contribution is 6.46. The first-order chi connectivity index (χ1) is 15.4. The highest BCUT2D eigenvalue weighted by Crippen LogP contribution is 2.40. The fraction of sp³-hybridized carbons (Fsp3) is 0.360. The maximum atomic E-state index is 13.0. The lowest BCUT2D eigenvalue weighted by molar-refractivity contribution is -0.140. The molecule has 3 rings (SSSR count). The Bertz CT molecular complexity index is 996. The summed E-state index contributed by atoms with van der Waals surface area (Å²) in [6, 6.07) is 13.3. The lowest BCUT2D eigenvalue weighted by Crippen LogP contribution is -2.32. The van der Waals surface area contributed by atoms with Crippen molar-refractivity contribution in [2.75, 3.05) is 26.9 Å². The number of hydrogen-bond acceptors (Lipinski definition) is 6. The number of aliphatic hydroxyl groups excluding tert-OH is 1. The van der Waals surface area contributed by atoms with Crippen molar-refractivity contribution in [1.29, 1.82) is 0 Å².